The number of thioether (sulfide) groups is 1. The SMILES string of the molecule is Cc1ccc(S(=O)(=O)O)cc1.N=C(N)SC1CCCCC1O. The quantitative estimate of drug-likeness (QED) is 0.369. The molecule has 2 atom stereocenters. The van der Waals surface area contributed by atoms with Gasteiger partial charge in [0.2, 0.25) is 0 Å². The van der Waals surface area contributed by atoms with Crippen molar-refractivity contribution in [3.63, 3.8) is 0 Å². The van der Waals surface area contributed by atoms with Gasteiger partial charge in [-0.3, -0.25) is 9.96 Å². The first kappa shape index (κ1) is 19.0. The predicted molar refractivity (Wildman–Crippen MR) is 88.8 cm³/mol. The molecule has 0 heterocycles. The van der Waals surface area contributed by atoms with Crippen molar-refractivity contribution >= 4 is 27.0 Å². The highest BCUT2D eigenvalue weighted by atomic mass is 32.2. The third-order valence-corrected chi connectivity index (χ3v) is 5.24. The Morgan fingerprint density at radius 2 is 1.82 bits per heavy atom. The number of aliphatic hydroxyl groups excluding tert-OH is 1. The molecule has 0 radical (unpaired) electrons. The van der Waals surface area contributed by atoms with E-state index in [4.69, 9.17) is 15.7 Å². The summed E-state index contributed by atoms with van der Waals surface area (Å²) in [5.74, 6) is 0. The van der Waals surface area contributed by atoms with Crippen molar-refractivity contribution in [1.29, 1.82) is 5.41 Å². The highest BCUT2D eigenvalue weighted by Crippen LogP contribution is 2.28. The minimum absolute atomic E-state index is 0.0666. The Labute approximate surface area is 135 Å². The molecule has 0 spiro atoms. The summed E-state index contributed by atoms with van der Waals surface area (Å²) in [5.41, 5.74) is 6.18. The smallest absolute Gasteiger partial charge is 0.294 e. The Bertz CT molecular complexity index is 587. The largest absolute Gasteiger partial charge is 0.392 e. The molecule has 0 saturated heterocycles. The topological polar surface area (TPSA) is 124 Å². The maximum absolute atomic E-state index is 10.5. The van der Waals surface area contributed by atoms with E-state index in [2.05, 4.69) is 0 Å². The van der Waals surface area contributed by atoms with Crippen LogP contribution in [0.15, 0.2) is 29.2 Å². The molecule has 6 nitrogen and oxygen atoms in total. The normalized spacial score (nSPS) is 21.6. The number of aliphatic hydroxyl groups is 1. The highest BCUT2D eigenvalue weighted by Gasteiger charge is 2.23. The summed E-state index contributed by atoms with van der Waals surface area (Å²) in [4.78, 5) is -0.0666. The van der Waals surface area contributed by atoms with Crippen LogP contribution in [0.3, 0.4) is 0 Å². The van der Waals surface area contributed by atoms with E-state index >= 15 is 0 Å². The van der Waals surface area contributed by atoms with Crippen molar-refractivity contribution < 1.29 is 18.1 Å². The first-order chi connectivity index (χ1) is 10.2. The molecule has 22 heavy (non-hydrogen) atoms. The van der Waals surface area contributed by atoms with Crippen LogP contribution in [-0.4, -0.2) is 34.6 Å². The van der Waals surface area contributed by atoms with Crippen LogP contribution in [-0.2, 0) is 10.1 Å². The predicted octanol–water partition coefficient (Wildman–Crippen LogP) is 2.16. The van der Waals surface area contributed by atoms with Crippen LogP contribution in [0.4, 0.5) is 0 Å². The van der Waals surface area contributed by atoms with E-state index in [0.717, 1.165) is 31.2 Å². The average molecular weight is 346 g/mol. The molecule has 5 N–H and O–H groups in total. The van der Waals surface area contributed by atoms with Gasteiger partial charge in [0.1, 0.15) is 0 Å². The number of rotatable bonds is 2. The van der Waals surface area contributed by atoms with Gasteiger partial charge in [-0.2, -0.15) is 8.42 Å². The highest BCUT2D eigenvalue weighted by molar-refractivity contribution is 8.14. The standard InChI is InChI=1S/C7H14N2OS.C7H8O3S/c8-7(9)11-6-4-2-1-3-5(6)10;1-6-2-4-7(5-3-6)11(8,9)10/h5-6,10H,1-4H2,(H3,8,9);2-5H,1H3,(H,8,9,10). The maximum atomic E-state index is 10.5. The Kier molecular flexibility index (Phi) is 7.34. The van der Waals surface area contributed by atoms with Gasteiger partial charge in [0, 0.05) is 5.25 Å². The number of amidine groups is 1. The van der Waals surface area contributed by atoms with Gasteiger partial charge in [-0.25, -0.2) is 0 Å². The second-order valence-electron chi connectivity index (χ2n) is 5.16. The number of hydrogen-bond donors (Lipinski definition) is 4. The minimum Gasteiger partial charge on any atom is -0.392 e. The zero-order chi connectivity index (χ0) is 16.8. The Balaban J connectivity index is 0.000000220. The number of nitrogens with one attached hydrogen (secondary N) is 1. The lowest BCUT2D eigenvalue weighted by Crippen LogP contribution is -2.29. The van der Waals surface area contributed by atoms with Crippen LogP contribution in [0.5, 0.6) is 0 Å². The fourth-order valence-corrected chi connectivity index (χ4v) is 3.47. The van der Waals surface area contributed by atoms with Crippen molar-refractivity contribution in [3.05, 3.63) is 29.8 Å². The van der Waals surface area contributed by atoms with Gasteiger partial charge in [-0.1, -0.05) is 42.3 Å². The van der Waals surface area contributed by atoms with Gasteiger partial charge in [0.05, 0.1) is 11.0 Å². The lowest BCUT2D eigenvalue weighted by atomic mass is 9.97. The molecule has 2 unspecified atom stereocenters. The zero-order valence-electron chi connectivity index (χ0n) is 12.4. The van der Waals surface area contributed by atoms with Crippen molar-refractivity contribution in [2.45, 2.75) is 48.9 Å². The number of benzene rings is 1. The lowest BCUT2D eigenvalue weighted by Gasteiger charge is -2.26. The molecule has 1 aliphatic rings. The average Bonchev–Trinajstić information content (AvgIpc) is 2.41. The minimum atomic E-state index is -4.02. The summed E-state index contributed by atoms with van der Waals surface area (Å²) >= 11 is 1.29. The second kappa shape index (κ2) is 8.52. The third kappa shape index (κ3) is 6.78. The first-order valence-electron chi connectivity index (χ1n) is 6.93. The fourth-order valence-electron chi connectivity index (χ4n) is 2.09. The third-order valence-electron chi connectivity index (χ3n) is 3.26. The van der Waals surface area contributed by atoms with Gasteiger partial charge in [-0.15, -0.1) is 0 Å². The van der Waals surface area contributed by atoms with E-state index < -0.39 is 10.1 Å². The molecule has 0 aliphatic heterocycles. The maximum Gasteiger partial charge on any atom is 0.294 e. The number of hydrogen-bond acceptors (Lipinski definition) is 5. The zero-order valence-corrected chi connectivity index (χ0v) is 14.0. The van der Waals surface area contributed by atoms with Crippen molar-refractivity contribution in [2.24, 2.45) is 5.73 Å². The van der Waals surface area contributed by atoms with Crippen LogP contribution in [0, 0.1) is 12.3 Å². The van der Waals surface area contributed by atoms with Crippen molar-refractivity contribution in [2.75, 3.05) is 0 Å². The molecule has 2 rings (SSSR count). The Morgan fingerprint density at radius 1 is 1.27 bits per heavy atom. The summed E-state index contributed by atoms with van der Waals surface area (Å²) in [6, 6.07) is 5.99. The van der Waals surface area contributed by atoms with Crippen molar-refractivity contribution in [1.82, 2.24) is 0 Å². The number of nitrogens with two attached hydrogens (primary N) is 1. The fraction of sp³-hybridized carbons (Fsp3) is 0.500. The van der Waals surface area contributed by atoms with Crippen molar-refractivity contribution in [3.8, 4) is 0 Å². The molecular formula is C14H22N2O4S2. The summed E-state index contributed by atoms with van der Waals surface area (Å²) < 4.78 is 29.6. The van der Waals surface area contributed by atoms with Crippen LogP contribution in [0.1, 0.15) is 31.2 Å². The molecule has 124 valence electrons. The van der Waals surface area contributed by atoms with Crippen LogP contribution in [0.2, 0.25) is 0 Å². The molecule has 1 saturated carbocycles. The van der Waals surface area contributed by atoms with Crippen LogP contribution < -0.4 is 5.73 Å². The Hall–Kier alpha value is -1.09. The molecule has 0 amide bonds. The van der Waals surface area contributed by atoms with E-state index in [9.17, 15) is 13.5 Å². The van der Waals surface area contributed by atoms with Gasteiger partial charge >= 0.3 is 0 Å². The second-order valence-corrected chi connectivity index (χ2v) is 7.86. The summed E-state index contributed by atoms with van der Waals surface area (Å²) in [7, 11) is -4.02. The molecule has 1 aliphatic carbocycles. The van der Waals surface area contributed by atoms with Crippen LogP contribution >= 0.6 is 11.8 Å². The monoisotopic (exact) mass is 346 g/mol. The summed E-state index contributed by atoms with van der Waals surface area (Å²) in [6.07, 6.45) is 3.87. The molecule has 0 aromatic heterocycles. The Morgan fingerprint density at radius 3 is 2.27 bits per heavy atom. The van der Waals surface area contributed by atoms with E-state index in [0.29, 0.717) is 0 Å². The van der Waals surface area contributed by atoms with E-state index in [1.54, 1.807) is 12.1 Å². The van der Waals surface area contributed by atoms with Gasteiger partial charge < -0.3 is 10.8 Å². The summed E-state index contributed by atoms with van der Waals surface area (Å²) in [6.45, 7) is 1.84. The molecular weight excluding hydrogens is 324 g/mol. The van der Waals surface area contributed by atoms with Gasteiger partial charge in [-0.05, 0) is 31.9 Å². The van der Waals surface area contributed by atoms with Crippen LogP contribution in [0.25, 0.3) is 0 Å². The van der Waals surface area contributed by atoms with Gasteiger partial charge in [0.15, 0.2) is 5.17 Å². The molecule has 1 aromatic carbocycles. The molecule has 8 heteroatoms. The summed E-state index contributed by atoms with van der Waals surface area (Å²) in [5, 5.41) is 16.8. The number of aryl methyl sites for hydroxylation is 1. The lowest BCUT2D eigenvalue weighted by molar-refractivity contribution is 0.137. The van der Waals surface area contributed by atoms with Gasteiger partial charge in [0.25, 0.3) is 10.1 Å². The molecule has 1 fully saturated rings. The van der Waals surface area contributed by atoms with E-state index in [1.807, 2.05) is 6.92 Å². The van der Waals surface area contributed by atoms with E-state index in [-0.39, 0.29) is 21.4 Å². The molecule has 0 bridgehead atoms. The van der Waals surface area contributed by atoms with E-state index in [1.165, 1.54) is 23.9 Å². The first-order valence-corrected chi connectivity index (χ1v) is 9.25. The molecule has 1 aromatic rings.